The zero-order chi connectivity index (χ0) is 13.8. The molecule has 0 amide bonds. The summed E-state index contributed by atoms with van der Waals surface area (Å²) in [5.41, 5.74) is 1.09. The number of benzene rings is 2. The first kappa shape index (κ1) is 13.2. The topological polar surface area (TPSA) is 38.7 Å². The van der Waals surface area contributed by atoms with Gasteiger partial charge in [-0.05, 0) is 36.2 Å². The molecule has 1 aliphatic rings. The molecule has 2 atom stereocenters. The van der Waals surface area contributed by atoms with E-state index in [1.54, 1.807) is 0 Å². The predicted molar refractivity (Wildman–Crippen MR) is 76.9 cm³/mol. The molecule has 0 bridgehead atoms. The molecule has 2 unspecified atom stereocenters. The molecule has 1 heterocycles. The average Bonchev–Trinajstić information content (AvgIpc) is 2.49. The van der Waals surface area contributed by atoms with E-state index >= 15 is 0 Å². The van der Waals surface area contributed by atoms with Crippen molar-refractivity contribution in [1.29, 1.82) is 0 Å². The Hall–Kier alpha value is -1.84. The van der Waals surface area contributed by atoms with Gasteiger partial charge >= 0.3 is 0 Å². The molecular formula is C17H18O3. The maximum absolute atomic E-state index is 9.69. The molecule has 1 fully saturated rings. The Balaban J connectivity index is 1.68. The molecule has 3 rings (SSSR count). The van der Waals surface area contributed by atoms with Crippen molar-refractivity contribution in [3.8, 4) is 11.5 Å². The van der Waals surface area contributed by atoms with Gasteiger partial charge in [0.1, 0.15) is 11.5 Å². The molecular weight excluding hydrogens is 252 g/mol. The fourth-order valence-electron chi connectivity index (χ4n) is 2.39. The lowest BCUT2D eigenvalue weighted by molar-refractivity contribution is -0.0447. The van der Waals surface area contributed by atoms with Gasteiger partial charge in [0.2, 0.25) is 0 Å². The molecule has 0 spiro atoms. The zero-order valence-corrected chi connectivity index (χ0v) is 11.2. The van der Waals surface area contributed by atoms with Crippen LogP contribution in [0.25, 0.3) is 0 Å². The van der Waals surface area contributed by atoms with Crippen LogP contribution in [0, 0.1) is 0 Å². The van der Waals surface area contributed by atoms with E-state index in [9.17, 15) is 5.11 Å². The van der Waals surface area contributed by atoms with E-state index < -0.39 is 0 Å². The van der Waals surface area contributed by atoms with Crippen molar-refractivity contribution in [3.05, 3.63) is 60.2 Å². The third-order valence-corrected chi connectivity index (χ3v) is 3.49. The minimum atomic E-state index is -0.256. The second kappa shape index (κ2) is 6.07. The quantitative estimate of drug-likeness (QED) is 0.924. The van der Waals surface area contributed by atoms with Crippen molar-refractivity contribution >= 4 is 0 Å². The molecule has 104 valence electrons. The van der Waals surface area contributed by atoms with Crippen molar-refractivity contribution in [2.24, 2.45) is 0 Å². The highest BCUT2D eigenvalue weighted by molar-refractivity contribution is 5.33. The molecule has 0 saturated carbocycles. The standard InChI is InChI=1S/C17H18O3/c18-14-10-11-19-17(12-14)13-6-8-16(9-7-13)20-15-4-2-1-3-5-15/h1-9,14,17-18H,10-12H2. The zero-order valence-electron chi connectivity index (χ0n) is 11.2. The van der Waals surface area contributed by atoms with Crippen LogP contribution in [0.1, 0.15) is 24.5 Å². The van der Waals surface area contributed by atoms with Gasteiger partial charge in [-0.25, -0.2) is 0 Å². The molecule has 1 saturated heterocycles. The summed E-state index contributed by atoms with van der Waals surface area (Å²) in [6.45, 7) is 0.619. The highest BCUT2D eigenvalue weighted by Gasteiger charge is 2.22. The van der Waals surface area contributed by atoms with Gasteiger partial charge in [-0.15, -0.1) is 0 Å². The van der Waals surface area contributed by atoms with Crippen LogP contribution in [0.15, 0.2) is 54.6 Å². The van der Waals surface area contributed by atoms with E-state index in [2.05, 4.69) is 0 Å². The maximum atomic E-state index is 9.69. The average molecular weight is 270 g/mol. The summed E-state index contributed by atoms with van der Waals surface area (Å²) >= 11 is 0. The normalized spacial score (nSPS) is 22.4. The number of ether oxygens (including phenoxy) is 2. The van der Waals surface area contributed by atoms with Gasteiger partial charge in [-0.3, -0.25) is 0 Å². The molecule has 1 N–H and O–H groups in total. The number of aliphatic hydroxyl groups is 1. The highest BCUT2D eigenvalue weighted by Crippen LogP contribution is 2.30. The number of aliphatic hydroxyl groups excluding tert-OH is 1. The van der Waals surface area contributed by atoms with Gasteiger partial charge in [0.05, 0.1) is 12.2 Å². The fourth-order valence-corrected chi connectivity index (χ4v) is 2.39. The highest BCUT2D eigenvalue weighted by atomic mass is 16.5. The number of hydrogen-bond donors (Lipinski definition) is 1. The fraction of sp³-hybridized carbons (Fsp3) is 0.294. The van der Waals surface area contributed by atoms with E-state index in [1.165, 1.54) is 0 Å². The lowest BCUT2D eigenvalue weighted by Crippen LogP contribution is -2.23. The van der Waals surface area contributed by atoms with Gasteiger partial charge in [-0.1, -0.05) is 30.3 Å². The lowest BCUT2D eigenvalue weighted by atomic mass is 9.99. The minimum Gasteiger partial charge on any atom is -0.457 e. The molecule has 3 heteroatoms. The lowest BCUT2D eigenvalue weighted by Gasteiger charge is -2.26. The van der Waals surface area contributed by atoms with Crippen LogP contribution in [0.3, 0.4) is 0 Å². The Morgan fingerprint density at radius 3 is 2.35 bits per heavy atom. The summed E-state index contributed by atoms with van der Waals surface area (Å²) in [7, 11) is 0. The maximum Gasteiger partial charge on any atom is 0.127 e. The monoisotopic (exact) mass is 270 g/mol. The molecule has 0 radical (unpaired) electrons. The first-order chi connectivity index (χ1) is 9.81. The summed E-state index contributed by atoms with van der Waals surface area (Å²) in [6, 6.07) is 17.6. The summed E-state index contributed by atoms with van der Waals surface area (Å²) in [5.74, 6) is 1.63. The third-order valence-electron chi connectivity index (χ3n) is 3.49. The second-order valence-electron chi connectivity index (χ2n) is 5.02. The Morgan fingerprint density at radius 2 is 1.65 bits per heavy atom. The smallest absolute Gasteiger partial charge is 0.127 e. The van der Waals surface area contributed by atoms with Crippen molar-refractivity contribution in [2.75, 3.05) is 6.61 Å². The van der Waals surface area contributed by atoms with Crippen LogP contribution < -0.4 is 4.74 Å². The van der Waals surface area contributed by atoms with E-state index in [0.29, 0.717) is 13.0 Å². The number of para-hydroxylation sites is 1. The van der Waals surface area contributed by atoms with Gasteiger partial charge in [0, 0.05) is 13.0 Å². The van der Waals surface area contributed by atoms with Crippen LogP contribution >= 0.6 is 0 Å². The Labute approximate surface area is 118 Å². The molecule has 3 nitrogen and oxygen atoms in total. The van der Waals surface area contributed by atoms with Gasteiger partial charge < -0.3 is 14.6 Å². The van der Waals surface area contributed by atoms with Crippen molar-refractivity contribution < 1.29 is 14.6 Å². The number of hydrogen-bond acceptors (Lipinski definition) is 3. The summed E-state index contributed by atoms with van der Waals surface area (Å²) in [6.07, 6.45) is 1.13. The van der Waals surface area contributed by atoms with Crippen molar-refractivity contribution in [1.82, 2.24) is 0 Å². The van der Waals surface area contributed by atoms with Gasteiger partial charge in [0.15, 0.2) is 0 Å². The van der Waals surface area contributed by atoms with Crippen LogP contribution in [0.2, 0.25) is 0 Å². The molecule has 0 aromatic heterocycles. The molecule has 2 aromatic rings. The Bertz CT molecular complexity index is 536. The molecule has 1 aliphatic heterocycles. The third kappa shape index (κ3) is 3.18. The Kier molecular flexibility index (Phi) is 4.00. The van der Waals surface area contributed by atoms with Crippen LogP contribution in [-0.4, -0.2) is 17.8 Å². The van der Waals surface area contributed by atoms with Crippen LogP contribution in [0.4, 0.5) is 0 Å². The summed E-state index contributed by atoms with van der Waals surface area (Å²) < 4.78 is 11.4. The van der Waals surface area contributed by atoms with E-state index in [0.717, 1.165) is 23.5 Å². The first-order valence-electron chi connectivity index (χ1n) is 6.94. The summed E-state index contributed by atoms with van der Waals surface area (Å²) in [4.78, 5) is 0. The van der Waals surface area contributed by atoms with Gasteiger partial charge in [0.25, 0.3) is 0 Å². The number of rotatable bonds is 3. The molecule has 20 heavy (non-hydrogen) atoms. The molecule has 0 aliphatic carbocycles. The summed E-state index contributed by atoms with van der Waals surface area (Å²) in [5, 5.41) is 9.69. The Morgan fingerprint density at radius 1 is 0.950 bits per heavy atom. The van der Waals surface area contributed by atoms with E-state index in [-0.39, 0.29) is 12.2 Å². The van der Waals surface area contributed by atoms with Crippen molar-refractivity contribution in [3.63, 3.8) is 0 Å². The minimum absolute atomic E-state index is 0.00970. The van der Waals surface area contributed by atoms with E-state index in [4.69, 9.17) is 9.47 Å². The SMILES string of the molecule is OC1CCOC(c2ccc(Oc3ccccc3)cc2)C1. The van der Waals surface area contributed by atoms with Crippen LogP contribution in [0.5, 0.6) is 11.5 Å². The van der Waals surface area contributed by atoms with Crippen LogP contribution in [-0.2, 0) is 4.74 Å². The van der Waals surface area contributed by atoms with Gasteiger partial charge in [-0.2, -0.15) is 0 Å². The molecule has 2 aromatic carbocycles. The first-order valence-corrected chi connectivity index (χ1v) is 6.94. The predicted octanol–water partition coefficient (Wildman–Crippen LogP) is 3.69. The largest absolute Gasteiger partial charge is 0.457 e. The van der Waals surface area contributed by atoms with Crippen molar-refractivity contribution in [2.45, 2.75) is 25.0 Å². The second-order valence-corrected chi connectivity index (χ2v) is 5.02. The van der Waals surface area contributed by atoms with E-state index in [1.807, 2.05) is 54.6 Å².